The molecule has 0 amide bonds. The summed E-state index contributed by atoms with van der Waals surface area (Å²) in [5.74, 6) is 1.37. The van der Waals surface area contributed by atoms with Crippen molar-refractivity contribution in [2.45, 2.75) is 12.8 Å². The molecule has 2 aromatic carbocycles. The number of anilines is 3. The minimum absolute atomic E-state index is 0.00985. The predicted molar refractivity (Wildman–Crippen MR) is 118 cm³/mol. The van der Waals surface area contributed by atoms with Crippen molar-refractivity contribution in [2.75, 3.05) is 23.3 Å². The van der Waals surface area contributed by atoms with Crippen LogP contribution in [0.4, 0.5) is 23.0 Å². The molecular formula is C22H19N7O3. The maximum Gasteiger partial charge on any atom is 0.353 e. The maximum atomic E-state index is 11.9. The molecule has 1 N–H and O–H groups in total. The molecule has 1 aromatic heterocycles. The fourth-order valence-electron chi connectivity index (χ4n) is 2.92. The Morgan fingerprint density at radius 2 is 1.59 bits per heavy atom. The summed E-state index contributed by atoms with van der Waals surface area (Å²) >= 11 is 0. The summed E-state index contributed by atoms with van der Waals surface area (Å²) in [6, 6.07) is 20.2. The van der Waals surface area contributed by atoms with Gasteiger partial charge in [0.25, 0.3) is 0 Å². The molecule has 0 bridgehead atoms. The Kier molecular flexibility index (Phi) is 7.49. The lowest BCUT2D eigenvalue weighted by Crippen LogP contribution is -2.27. The summed E-state index contributed by atoms with van der Waals surface area (Å²) in [6.07, 6.45) is 1.49. The molecular weight excluding hydrogens is 410 g/mol. The van der Waals surface area contributed by atoms with E-state index in [-0.39, 0.29) is 43.3 Å². The second kappa shape index (κ2) is 10.9. The number of nitrogens with one attached hydrogen (secondary N) is 1. The Morgan fingerprint density at radius 3 is 2.19 bits per heavy atom. The highest BCUT2D eigenvalue weighted by Crippen LogP contribution is 2.34. The monoisotopic (exact) mass is 429 g/mol. The minimum Gasteiger partial charge on any atom is -0.457 e. The molecule has 0 unspecified atom stereocenters. The number of benzene rings is 2. The zero-order chi connectivity index (χ0) is 22.8. The van der Waals surface area contributed by atoms with Crippen LogP contribution in [-0.4, -0.2) is 28.0 Å². The first-order valence-electron chi connectivity index (χ1n) is 9.70. The van der Waals surface area contributed by atoms with Gasteiger partial charge in [-0.15, -0.1) is 0 Å². The maximum absolute atomic E-state index is 11.9. The van der Waals surface area contributed by atoms with Gasteiger partial charge >= 0.3 is 5.69 Å². The molecule has 0 aliphatic heterocycles. The summed E-state index contributed by atoms with van der Waals surface area (Å²) in [5, 5.41) is 32.6. The fraction of sp³-hybridized carbons (Fsp3) is 0.182. The Bertz CT molecular complexity index is 1120. The predicted octanol–water partition coefficient (Wildman–Crippen LogP) is 4.55. The van der Waals surface area contributed by atoms with E-state index in [2.05, 4.69) is 15.3 Å². The van der Waals surface area contributed by atoms with Crippen molar-refractivity contribution in [3.05, 3.63) is 71.0 Å². The van der Waals surface area contributed by atoms with Gasteiger partial charge in [-0.1, -0.05) is 18.2 Å². The quantitative estimate of drug-likeness (QED) is 0.363. The SMILES string of the molecule is N#CCCN(CCC#N)c1ncnc(Nc2ccc(Oc3ccccc3)cc2)c1[N+](=O)[O-]. The molecule has 0 radical (unpaired) electrons. The van der Waals surface area contributed by atoms with Crippen molar-refractivity contribution >= 4 is 23.0 Å². The molecule has 10 nitrogen and oxygen atoms in total. The number of para-hydroxylation sites is 1. The second-order valence-electron chi connectivity index (χ2n) is 6.52. The Labute approximate surface area is 184 Å². The number of nitro groups is 1. The van der Waals surface area contributed by atoms with Gasteiger partial charge in [0.05, 0.1) is 29.9 Å². The molecule has 0 aliphatic rings. The van der Waals surface area contributed by atoms with Crippen LogP contribution in [0.1, 0.15) is 12.8 Å². The average Bonchev–Trinajstić information content (AvgIpc) is 2.81. The van der Waals surface area contributed by atoms with Gasteiger partial charge in [0.1, 0.15) is 17.8 Å². The molecule has 3 rings (SSSR count). The number of aromatic nitrogens is 2. The van der Waals surface area contributed by atoms with Gasteiger partial charge in [0.2, 0.25) is 11.6 Å². The average molecular weight is 429 g/mol. The first-order chi connectivity index (χ1) is 15.6. The van der Waals surface area contributed by atoms with Gasteiger partial charge in [-0.3, -0.25) is 10.1 Å². The second-order valence-corrected chi connectivity index (χ2v) is 6.52. The highest BCUT2D eigenvalue weighted by molar-refractivity contribution is 5.74. The van der Waals surface area contributed by atoms with E-state index in [1.54, 1.807) is 29.2 Å². The van der Waals surface area contributed by atoms with E-state index >= 15 is 0 Å². The van der Waals surface area contributed by atoms with Crippen molar-refractivity contribution in [3.63, 3.8) is 0 Å². The number of nitriles is 2. The molecule has 0 saturated heterocycles. The van der Waals surface area contributed by atoms with Crippen molar-refractivity contribution in [2.24, 2.45) is 0 Å². The number of nitrogens with zero attached hydrogens (tertiary/aromatic N) is 6. The van der Waals surface area contributed by atoms with Gasteiger partial charge < -0.3 is 15.0 Å². The number of ether oxygens (including phenoxy) is 1. The van der Waals surface area contributed by atoms with E-state index in [1.807, 2.05) is 42.5 Å². The largest absolute Gasteiger partial charge is 0.457 e. The summed E-state index contributed by atoms with van der Waals surface area (Å²) in [7, 11) is 0. The first-order valence-corrected chi connectivity index (χ1v) is 9.70. The van der Waals surface area contributed by atoms with Gasteiger partial charge in [-0.25, -0.2) is 9.97 Å². The Balaban J connectivity index is 1.84. The summed E-state index contributed by atoms with van der Waals surface area (Å²) < 4.78 is 5.75. The van der Waals surface area contributed by atoms with Gasteiger partial charge in [-0.05, 0) is 36.4 Å². The molecule has 0 fully saturated rings. The van der Waals surface area contributed by atoms with E-state index in [0.717, 1.165) is 0 Å². The molecule has 1 heterocycles. The van der Waals surface area contributed by atoms with Crippen LogP contribution in [0.3, 0.4) is 0 Å². The number of hydrogen-bond donors (Lipinski definition) is 1. The van der Waals surface area contributed by atoms with Crippen LogP contribution in [0.25, 0.3) is 0 Å². The van der Waals surface area contributed by atoms with Crippen LogP contribution in [0, 0.1) is 32.8 Å². The molecule has 0 saturated carbocycles. The van der Waals surface area contributed by atoms with Crippen molar-refractivity contribution in [1.82, 2.24) is 9.97 Å². The lowest BCUT2D eigenvalue weighted by atomic mass is 10.2. The molecule has 0 atom stereocenters. The number of rotatable bonds is 10. The summed E-state index contributed by atoms with van der Waals surface area (Å²) in [4.78, 5) is 20.9. The standard InChI is InChI=1S/C22H19N7O3/c23-12-4-14-28(15-5-13-24)22-20(29(30)31)21(25-16-26-22)27-17-8-10-19(11-9-17)32-18-6-2-1-3-7-18/h1-3,6-11,16H,4-5,14-15H2,(H,25,26,27). The third-order valence-corrected chi connectivity index (χ3v) is 4.37. The van der Waals surface area contributed by atoms with Crippen LogP contribution in [-0.2, 0) is 0 Å². The van der Waals surface area contributed by atoms with E-state index in [4.69, 9.17) is 15.3 Å². The normalized spacial score (nSPS) is 9.94. The van der Waals surface area contributed by atoms with Gasteiger partial charge in [0.15, 0.2) is 0 Å². The summed E-state index contributed by atoms with van der Waals surface area (Å²) in [6.45, 7) is 0.419. The summed E-state index contributed by atoms with van der Waals surface area (Å²) in [5.41, 5.74) is 0.242. The lowest BCUT2D eigenvalue weighted by Gasteiger charge is -2.21. The fourth-order valence-corrected chi connectivity index (χ4v) is 2.92. The first kappa shape index (κ1) is 22.0. The number of hydrogen-bond acceptors (Lipinski definition) is 9. The topological polar surface area (TPSA) is 141 Å². The van der Waals surface area contributed by atoms with Crippen molar-refractivity contribution in [3.8, 4) is 23.6 Å². The van der Waals surface area contributed by atoms with E-state index in [1.165, 1.54) is 6.33 Å². The molecule has 32 heavy (non-hydrogen) atoms. The van der Waals surface area contributed by atoms with Crippen LogP contribution >= 0.6 is 0 Å². The zero-order valence-electron chi connectivity index (χ0n) is 17.0. The van der Waals surface area contributed by atoms with Crippen LogP contribution < -0.4 is 15.0 Å². The smallest absolute Gasteiger partial charge is 0.353 e. The van der Waals surface area contributed by atoms with Crippen molar-refractivity contribution in [1.29, 1.82) is 10.5 Å². The van der Waals surface area contributed by atoms with Gasteiger partial charge in [-0.2, -0.15) is 10.5 Å². The highest BCUT2D eigenvalue weighted by Gasteiger charge is 2.27. The zero-order valence-corrected chi connectivity index (χ0v) is 17.0. The van der Waals surface area contributed by atoms with Crippen LogP contribution in [0.2, 0.25) is 0 Å². The molecule has 3 aromatic rings. The lowest BCUT2D eigenvalue weighted by molar-refractivity contribution is -0.383. The molecule has 10 heteroatoms. The molecule has 0 spiro atoms. The molecule has 0 aliphatic carbocycles. The van der Waals surface area contributed by atoms with E-state index in [9.17, 15) is 10.1 Å². The third-order valence-electron chi connectivity index (χ3n) is 4.37. The third kappa shape index (κ3) is 5.68. The molecule has 160 valence electrons. The highest BCUT2D eigenvalue weighted by atomic mass is 16.6. The van der Waals surface area contributed by atoms with Gasteiger partial charge in [0, 0.05) is 18.8 Å². The van der Waals surface area contributed by atoms with Crippen molar-refractivity contribution < 1.29 is 9.66 Å². The van der Waals surface area contributed by atoms with E-state index < -0.39 is 4.92 Å². The minimum atomic E-state index is -0.573. The van der Waals surface area contributed by atoms with Crippen LogP contribution in [0.5, 0.6) is 11.5 Å². The Hall–Kier alpha value is -4.70. The Morgan fingerprint density at radius 1 is 0.969 bits per heavy atom. The van der Waals surface area contributed by atoms with Crippen LogP contribution in [0.15, 0.2) is 60.9 Å². The van der Waals surface area contributed by atoms with E-state index in [0.29, 0.717) is 17.2 Å².